The third-order valence-electron chi connectivity index (χ3n) is 3.96. The van der Waals surface area contributed by atoms with Crippen LogP contribution in [0.2, 0.25) is 0 Å². The summed E-state index contributed by atoms with van der Waals surface area (Å²) in [5.41, 5.74) is 0.462. The van der Waals surface area contributed by atoms with Crippen molar-refractivity contribution < 1.29 is 4.74 Å². The Bertz CT molecular complexity index is 203. The summed E-state index contributed by atoms with van der Waals surface area (Å²) in [4.78, 5) is 2.69. The fourth-order valence-electron chi connectivity index (χ4n) is 2.90. The molecule has 2 aliphatic rings. The van der Waals surface area contributed by atoms with Gasteiger partial charge in [-0.05, 0) is 37.1 Å². The van der Waals surface area contributed by atoms with Gasteiger partial charge in [0, 0.05) is 25.8 Å². The lowest BCUT2D eigenvalue weighted by molar-refractivity contribution is -0.0201. The molecule has 2 fully saturated rings. The lowest BCUT2D eigenvalue weighted by Gasteiger charge is -2.50. The molecule has 15 heavy (non-hydrogen) atoms. The van der Waals surface area contributed by atoms with Crippen LogP contribution < -0.4 is 0 Å². The monoisotopic (exact) mass is 211 g/mol. The van der Waals surface area contributed by atoms with Crippen molar-refractivity contribution in [2.75, 3.05) is 26.3 Å². The molecule has 1 unspecified atom stereocenters. The van der Waals surface area contributed by atoms with Gasteiger partial charge in [0.2, 0.25) is 0 Å². The van der Waals surface area contributed by atoms with Crippen molar-refractivity contribution in [3.05, 3.63) is 0 Å². The zero-order chi connectivity index (χ0) is 10.9. The third-order valence-corrected chi connectivity index (χ3v) is 3.96. The first kappa shape index (κ1) is 11.4. The molecule has 2 saturated heterocycles. The lowest BCUT2D eigenvalue weighted by Crippen LogP contribution is -2.56. The molecular weight excluding hydrogens is 186 g/mol. The van der Waals surface area contributed by atoms with Crippen LogP contribution in [0.3, 0.4) is 0 Å². The fourth-order valence-corrected chi connectivity index (χ4v) is 2.90. The Hall–Kier alpha value is -0.0800. The molecule has 2 aliphatic heterocycles. The molecule has 0 bridgehead atoms. The number of ether oxygens (including phenoxy) is 1. The first-order valence-corrected chi connectivity index (χ1v) is 6.39. The van der Waals surface area contributed by atoms with Crippen molar-refractivity contribution in [1.29, 1.82) is 0 Å². The van der Waals surface area contributed by atoms with Gasteiger partial charge < -0.3 is 4.74 Å². The van der Waals surface area contributed by atoms with E-state index in [2.05, 4.69) is 25.7 Å². The number of hydrogen-bond acceptors (Lipinski definition) is 2. The first-order chi connectivity index (χ1) is 7.07. The van der Waals surface area contributed by atoms with Crippen molar-refractivity contribution in [3.8, 4) is 0 Å². The van der Waals surface area contributed by atoms with E-state index in [0.717, 1.165) is 25.2 Å². The van der Waals surface area contributed by atoms with E-state index in [-0.39, 0.29) is 0 Å². The molecule has 2 heterocycles. The van der Waals surface area contributed by atoms with E-state index in [4.69, 9.17) is 4.74 Å². The van der Waals surface area contributed by atoms with Crippen molar-refractivity contribution in [3.63, 3.8) is 0 Å². The van der Waals surface area contributed by atoms with Gasteiger partial charge in [-0.3, -0.25) is 4.90 Å². The molecule has 88 valence electrons. The summed E-state index contributed by atoms with van der Waals surface area (Å²) in [5, 5.41) is 0. The molecule has 0 aromatic rings. The largest absolute Gasteiger partial charge is 0.381 e. The standard InChI is InChI=1S/C13H25NO/c1-13(2,3)12-4-7-14(12)10-11-5-8-15-9-6-11/h11-12H,4-10H2,1-3H3. The van der Waals surface area contributed by atoms with Gasteiger partial charge in [-0.1, -0.05) is 20.8 Å². The summed E-state index contributed by atoms with van der Waals surface area (Å²) in [5.74, 6) is 0.892. The van der Waals surface area contributed by atoms with Crippen LogP contribution in [0.5, 0.6) is 0 Å². The van der Waals surface area contributed by atoms with Gasteiger partial charge in [-0.15, -0.1) is 0 Å². The van der Waals surface area contributed by atoms with Crippen molar-refractivity contribution >= 4 is 0 Å². The first-order valence-electron chi connectivity index (χ1n) is 6.39. The average Bonchev–Trinajstić information content (AvgIpc) is 2.11. The van der Waals surface area contributed by atoms with Crippen molar-refractivity contribution in [2.45, 2.75) is 46.1 Å². The second kappa shape index (κ2) is 4.42. The van der Waals surface area contributed by atoms with E-state index < -0.39 is 0 Å². The zero-order valence-electron chi connectivity index (χ0n) is 10.5. The van der Waals surface area contributed by atoms with Gasteiger partial charge >= 0.3 is 0 Å². The molecule has 0 aliphatic carbocycles. The summed E-state index contributed by atoms with van der Waals surface area (Å²) in [6.07, 6.45) is 3.94. The van der Waals surface area contributed by atoms with Gasteiger partial charge in [0.1, 0.15) is 0 Å². The molecule has 0 aromatic heterocycles. The number of hydrogen-bond donors (Lipinski definition) is 0. The number of rotatable bonds is 2. The lowest BCUT2D eigenvalue weighted by atomic mass is 9.78. The topological polar surface area (TPSA) is 12.5 Å². The Kier molecular flexibility index (Phi) is 3.36. The molecule has 0 aromatic carbocycles. The van der Waals surface area contributed by atoms with E-state index >= 15 is 0 Å². The molecule has 2 nitrogen and oxygen atoms in total. The average molecular weight is 211 g/mol. The minimum atomic E-state index is 0.462. The molecule has 2 heteroatoms. The molecular formula is C13H25NO. The fraction of sp³-hybridized carbons (Fsp3) is 1.00. The second-order valence-electron chi connectivity index (χ2n) is 6.22. The van der Waals surface area contributed by atoms with Gasteiger partial charge in [0.15, 0.2) is 0 Å². The highest BCUT2D eigenvalue weighted by Gasteiger charge is 2.37. The minimum Gasteiger partial charge on any atom is -0.381 e. The van der Waals surface area contributed by atoms with Crippen LogP contribution in [0, 0.1) is 11.3 Å². The predicted molar refractivity (Wildman–Crippen MR) is 63.0 cm³/mol. The van der Waals surface area contributed by atoms with Crippen LogP contribution in [0.25, 0.3) is 0 Å². The van der Waals surface area contributed by atoms with Gasteiger partial charge in [-0.2, -0.15) is 0 Å². The summed E-state index contributed by atoms with van der Waals surface area (Å²) in [7, 11) is 0. The maximum atomic E-state index is 5.41. The van der Waals surface area contributed by atoms with E-state index in [1.165, 1.54) is 32.4 Å². The van der Waals surface area contributed by atoms with Crippen LogP contribution in [0.4, 0.5) is 0 Å². The van der Waals surface area contributed by atoms with Crippen LogP contribution >= 0.6 is 0 Å². The van der Waals surface area contributed by atoms with E-state index in [0.29, 0.717) is 5.41 Å². The molecule has 0 spiro atoms. The number of likely N-dealkylation sites (tertiary alicyclic amines) is 1. The van der Waals surface area contributed by atoms with E-state index in [9.17, 15) is 0 Å². The van der Waals surface area contributed by atoms with Crippen LogP contribution in [0.15, 0.2) is 0 Å². The maximum absolute atomic E-state index is 5.41. The molecule has 1 atom stereocenters. The summed E-state index contributed by atoms with van der Waals surface area (Å²) in [6.45, 7) is 11.7. The van der Waals surface area contributed by atoms with Crippen LogP contribution in [-0.2, 0) is 4.74 Å². The normalized spacial score (nSPS) is 30.2. The highest BCUT2D eigenvalue weighted by Crippen LogP contribution is 2.34. The minimum absolute atomic E-state index is 0.462. The van der Waals surface area contributed by atoms with Crippen LogP contribution in [0.1, 0.15) is 40.0 Å². The maximum Gasteiger partial charge on any atom is 0.0469 e. The molecule has 2 rings (SSSR count). The Morgan fingerprint density at radius 1 is 1.13 bits per heavy atom. The van der Waals surface area contributed by atoms with E-state index in [1.54, 1.807) is 0 Å². The Balaban J connectivity index is 1.79. The van der Waals surface area contributed by atoms with Gasteiger partial charge in [-0.25, -0.2) is 0 Å². The Morgan fingerprint density at radius 2 is 1.80 bits per heavy atom. The molecule has 0 radical (unpaired) electrons. The SMILES string of the molecule is CC(C)(C)C1CCN1CC1CCOCC1. The highest BCUT2D eigenvalue weighted by molar-refractivity contribution is 4.92. The Labute approximate surface area is 94.0 Å². The Morgan fingerprint density at radius 3 is 2.27 bits per heavy atom. The quantitative estimate of drug-likeness (QED) is 0.696. The molecule has 0 amide bonds. The van der Waals surface area contributed by atoms with Crippen molar-refractivity contribution in [1.82, 2.24) is 4.90 Å². The summed E-state index contributed by atoms with van der Waals surface area (Å²) in [6, 6.07) is 0.820. The van der Waals surface area contributed by atoms with Crippen molar-refractivity contribution in [2.24, 2.45) is 11.3 Å². The third kappa shape index (κ3) is 2.73. The highest BCUT2D eigenvalue weighted by atomic mass is 16.5. The number of nitrogens with zero attached hydrogens (tertiary/aromatic N) is 1. The summed E-state index contributed by atoms with van der Waals surface area (Å²) >= 11 is 0. The zero-order valence-corrected chi connectivity index (χ0v) is 10.5. The summed E-state index contributed by atoms with van der Waals surface area (Å²) < 4.78 is 5.41. The second-order valence-corrected chi connectivity index (χ2v) is 6.22. The molecule has 0 saturated carbocycles. The molecule has 0 N–H and O–H groups in total. The smallest absolute Gasteiger partial charge is 0.0469 e. The van der Waals surface area contributed by atoms with Gasteiger partial charge in [0.25, 0.3) is 0 Å². The van der Waals surface area contributed by atoms with Gasteiger partial charge in [0.05, 0.1) is 0 Å². The van der Waals surface area contributed by atoms with Crippen LogP contribution in [-0.4, -0.2) is 37.2 Å². The predicted octanol–water partition coefficient (Wildman–Crippen LogP) is 2.53. The van der Waals surface area contributed by atoms with E-state index in [1.807, 2.05) is 0 Å².